The van der Waals surface area contributed by atoms with Gasteiger partial charge in [-0.25, -0.2) is 4.39 Å². The summed E-state index contributed by atoms with van der Waals surface area (Å²) in [4.78, 5) is 1.81. The minimum absolute atomic E-state index is 0.301. The van der Waals surface area contributed by atoms with Crippen molar-refractivity contribution in [2.24, 2.45) is 0 Å². The van der Waals surface area contributed by atoms with E-state index in [1.807, 2.05) is 18.0 Å². The van der Waals surface area contributed by atoms with E-state index in [-0.39, 0.29) is 0 Å². The van der Waals surface area contributed by atoms with Crippen LogP contribution in [-0.2, 0) is 0 Å². The summed E-state index contributed by atoms with van der Waals surface area (Å²) in [7, 11) is 1.81. The Morgan fingerprint density at radius 1 is 1.39 bits per heavy atom. The smallest absolute Gasteiger partial charge is 0.126 e. The van der Waals surface area contributed by atoms with E-state index in [4.69, 9.17) is 5.26 Å². The van der Waals surface area contributed by atoms with Gasteiger partial charge >= 0.3 is 0 Å². The van der Waals surface area contributed by atoms with Crippen LogP contribution in [0.25, 0.3) is 0 Å². The molecule has 0 aliphatic heterocycles. The fourth-order valence-electron chi connectivity index (χ4n) is 2.58. The van der Waals surface area contributed by atoms with Crippen LogP contribution in [0.2, 0.25) is 0 Å². The average molecular weight is 248 g/mol. The molecule has 4 heteroatoms. The second-order valence-electron chi connectivity index (χ2n) is 5.10. The lowest BCUT2D eigenvalue weighted by molar-refractivity contribution is 0.0559. The Morgan fingerprint density at radius 3 is 2.67 bits per heavy atom. The van der Waals surface area contributed by atoms with Crippen LogP contribution in [0.4, 0.5) is 10.1 Å². The Balaban J connectivity index is 2.16. The number of nitriles is 1. The van der Waals surface area contributed by atoms with Crippen LogP contribution in [-0.4, -0.2) is 24.3 Å². The third-order valence-electron chi connectivity index (χ3n) is 3.52. The normalized spacial score (nSPS) is 17.4. The molecular formula is C14H17FN2O. The molecule has 1 fully saturated rings. The summed E-state index contributed by atoms with van der Waals surface area (Å²) in [6.45, 7) is 0.474. The van der Waals surface area contributed by atoms with Gasteiger partial charge in [-0.15, -0.1) is 0 Å². The molecule has 2 rings (SSSR count). The molecule has 1 aliphatic rings. The highest BCUT2D eigenvalue weighted by atomic mass is 19.1. The predicted molar refractivity (Wildman–Crippen MR) is 67.8 cm³/mol. The monoisotopic (exact) mass is 248 g/mol. The lowest BCUT2D eigenvalue weighted by Crippen LogP contribution is -2.39. The van der Waals surface area contributed by atoms with Gasteiger partial charge in [0.1, 0.15) is 5.82 Å². The molecule has 1 N–H and O–H groups in total. The van der Waals surface area contributed by atoms with Gasteiger partial charge < -0.3 is 10.0 Å². The standard InChI is InChI=1S/C14H17FN2O/c1-17(10-14(18)4-2-3-5-14)13-7-11(9-16)6-12(15)8-13/h6-8,18H,2-5,10H2,1H3. The topological polar surface area (TPSA) is 47.3 Å². The molecular weight excluding hydrogens is 231 g/mol. The molecule has 18 heavy (non-hydrogen) atoms. The lowest BCUT2D eigenvalue weighted by atomic mass is 10.0. The number of anilines is 1. The van der Waals surface area contributed by atoms with E-state index < -0.39 is 11.4 Å². The van der Waals surface area contributed by atoms with Gasteiger partial charge in [0.25, 0.3) is 0 Å². The number of halogens is 1. The van der Waals surface area contributed by atoms with E-state index in [0.29, 0.717) is 17.8 Å². The van der Waals surface area contributed by atoms with Crippen molar-refractivity contribution >= 4 is 5.69 Å². The number of rotatable bonds is 3. The fraction of sp³-hybridized carbons (Fsp3) is 0.500. The van der Waals surface area contributed by atoms with Crippen molar-refractivity contribution in [2.45, 2.75) is 31.3 Å². The summed E-state index contributed by atoms with van der Waals surface area (Å²) >= 11 is 0. The first-order valence-electron chi connectivity index (χ1n) is 6.17. The van der Waals surface area contributed by atoms with E-state index in [1.165, 1.54) is 12.1 Å². The van der Waals surface area contributed by atoms with Gasteiger partial charge in [-0.05, 0) is 31.0 Å². The zero-order valence-electron chi connectivity index (χ0n) is 10.5. The highest BCUT2D eigenvalue weighted by Gasteiger charge is 2.32. The largest absolute Gasteiger partial charge is 0.388 e. The van der Waals surface area contributed by atoms with Crippen molar-refractivity contribution in [2.75, 3.05) is 18.5 Å². The first-order chi connectivity index (χ1) is 8.52. The number of hydrogen-bond acceptors (Lipinski definition) is 3. The van der Waals surface area contributed by atoms with Crippen molar-refractivity contribution in [3.8, 4) is 6.07 Å². The second-order valence-corrected chi connectivity index (χ2v) is 5.10. The van der Waals surface area contributed by atoms with Gasteiger partial charge in [0.15, 0.2) is 0 Å². The lowest BCUT2D eigenvalue weighted by Gasteiger charge is -2.30. The maximum atomic E-state index is 13.3. The minimum atomic E-state index is -0.673. The van der Waals surface area contributed by atoms with Crippen LogP contribution < -0.4 is 4.90 Å². The van der Waals surface area contributed by atoms with Crippen LogP contribution in [0.5, 0.6) is 0 Å². The Bertz CT molecular complexity index is 475. The number of nitrogens with zero attached hydrogens (tertiary/aromatic N) is 2. The predicted octanol–water partition coefficient (Wildman–Crippen LogP) is 2.44. The molecule has 0 aromatic heterocycles. The molecule has 0 heterocycles. The first kappa shape index (κ1) is 12.8. The van der Waals surface area contributed by atoms with Crippen molar-refractivity contribution in [1.29, 1.82) is 5.26 Å². The van der Waals surface area contributed by atoms with Gasteiger partial charge in [0, 0.05) is 19.3 Å². The van der Waals surface area contributed by atoms with Gasteiger partial charge in [0.05, 0.1) is 17.2 Å². The van der Waals surface area contributed by atoms with Gasteiger partial charge in [-0.3, -0.25) is 0 Å². The molecule has 0 amide bonds. The summed E-state index contributed by atoms with van der Waals surface area (Å²) in [5.41, 5.74) is 0.260. The third-order valence-corrected chi connectivity index (χ3v) is 3.52. The van der Waals surface area contributed by atoms with Crippen molar-refractivity contribution in [1.82, 2.24) is 0 Å². The maximum Gasteiger partial charge on any atom is 0.126 e. The van der Waals surface area contributed by atoms with Gasteiger partial charge in [-0.1, -0.05) is 12.8 Å². The number of hydrogen-bond donors (Lipinski definition) is 1. The highest BCUT2D eigenvalue weighted by molar-refractivity contribution is 5.51. The molecule has 1 saturated carbocycles. The number of benzene rings is 1. The van der Waals surface area contributed by atoms with E-state index in [0.717, 1.165) is 25.7 Å². The Hall–Kier alpha value is -1.60. The first-order valence-corrected chi connectivity index (χ1v) is 6.17. The van der Waals surface area contributed by atoms with Crippen molar-refractivity contribution in [3.63, 3.8) is 0 Å². The van der Waals surface area contributed by atoms with Gasteiger partial charge in [-0.2, -0.15) is 5.26 Å². The van der Waals surface area contributed by atoms with E-state index >= 15 is 0 Å². The van der Waals surface area contributed by atoms with Crippen molar-refractivity contribution < 1.29 is 9.50 Å². The van der Waals surface area contributed by atoms with Gasteiger partial charge in [0.2, 0.25) is 0 Å². The Labute approximate surface area is 106 Å². The highest BCUT2D eigenvalue weighted by Crippen LogP contribution is 2.31. The van der Waals surface area contributed by atoms with Crippen LogP contribution in [0.15, 0.2) is 18.2 Å². The third kappa shape index (κ3) is 2.80. The van der Waals surface area contributed by atoms with Crippen LogP contribution in [0.1, 0.15) is 31.2 Å². The zero-order valence-corrected chi connectivity index (χ0v) is 10.5. The number of aliphatic hydroxyl groups is 1. The molecule has 3 nitrogen and oxygen atoms in total. The molecule has 0 radical (unpaired) electrons. The quantitative estimate of drug-likeness (QED) is 0.893. The molecule has 96 valence electrons. The Morgan fingerprint density at radius 2 is 2.06 bits per heavy atom. The zero-order chi connectivity index (χ0) is 13.2. The molecule has 1 aromatic carbocycles. The molecule has 0 spiro atoms. The molecule has 0 bridgehead atoms. The maximum absolute atomic E-state index is 13.3. The van der Waals surface area contributed by atoms with Crippen molar-refractivity contribution in [3.05, 3.63) is 29.6 Å². The minimum Gasteiger partial charge on any atom is -0.388 e. The number of likely N-dealkylation sites (N-methyl/N-ethyl adjacent to an activating group) is 1. The summed E-state index contributed by atoms with van der Waals surface area (Å²) in [5.74, 6) is -0.422. The molecule has 0 saturated heterocycles. The van der Waals surface area contributed by atoms with E-state index in [1.54, 1.807) is 6.07 Å². The summed E-state index contributed by atoms with van der Waals surface area (Å²) in [6.07, 6.45) is 3.66. The van der Waals surface area contributed by atoms with Crippen LogP contribution >= 0.6 is 0 Å². The summed E-state index contributed by atoms with van der Waals surface area (Å²) in [5, 5.41) is 19.1. The Kier molecular flexibility index (Phi) is 3.53. The summed E-state index contributed by atoms with van der Waals surface area (Å²) in [6, 6.07) is 6.18. The molecule has 1 aliphatic carbocycles. The van der Waals surface area contributed by atoms with Crippen LogP contribution in [0.3, 0.4) is 0 Å². The average Bonchev–Trinajstić information content (AvgIpc) is 2.74. The molecule has 1 aromatic rings. The van der Waals surface area contributed by atoms with Crippen LogP contribution in [0, 0.1) is 17.1 Å². The molecule has 0 unspecified atom stereocenters. The summed E-state index contributed by atoms with van der Waals surface area (Å²) < 4.78 is 13.3. The molecule has 0 atom stereocenters. The van der Waals surface area contributed by atoms with E-state index in [2.05, 4.69) is 0 Å². The SMILES string of the molecule is CN(CC1(O)CCCC1)c1cc(F)cc(C#N)c1. The second kappa shape index (κ2) is 4.95. The fourth-order valence-corrected chi connectivity index (χ4v) is 2.58. The van der Waals surface area contributed by atoms with E-state index in [9.17, 15) is 9.50 Å².